The van der Waals surface area contributed by atoms with Gasteiger partial charge in [0.2, 0.25) is 0 Å². The van der Waals surface area contributed by atoms with Crippen LogP contribution in [0.2, 0.25) is 0 Å². The van der Waals surface area contributed by atoms with Crippen LogP contribution in [0.1, 0.15) is 30.2 Å². The van der Waals surface area contributed by atoms with Gasteiger partial charge in [-0.15, -0.1) is 0 Å². The smallest absolute Gasteiger partial charge is 0.198 e. The Morgan fingerprint density at radius 1 is 1.44 bits per heavy atom. The molecule has 0 aliphatic heterocycles. The molecule has 80 valence electrons. The van der Waals surface area contributed by atoms with Gasteiger partial charge in [0.1, 0.15) is 5.52 Å². The Balaban J connectivity index is 2.02. The Morgan fingerprint density at radius 2 is 2.31 bits per heavy atom. The Kier molecular flexibility index (Phi) is 2.82. The summed E-state index contributed by atoms with van der Waals surface area (Å²) in [5.41, 5.74) is 2.79. The summed E-state index contributed by atoms with van der Waals surface area (Å²) in [5.74, 6) is 4.52. The fourth-order valence-corrected chi connectivity index (χ4v) is 2.09. The van der Waals surface area contributed by atoms with Crippen LogP contribution in [0.15, 0.2) is 22.6 Å². The van der Waals surface area contributed by atoms with Gasteiger partial charge in [-0.2, -0.15) is 0 Å². The van der Waals surface area contributed by atoms with E-state index in [0.717, 1.165) is 22.6 Å². The van der Waals surface area contributed by atoms with Crippen molar-refractivity contribution in [3.8, 4) is 11.2 Å². The number of aromatic nitrogens is 1. The molecule has 0 N–H and O–H groups in total. The number of rotatable bonds is 1. The van der Waals surface area contributed by atoms with Gasteiger partial charge in [0.05, 0.1) is 0 Å². The number of hydrogen-bond donors (Lipinski definition) is 0. The number of benzene rings is 1. The average molecular weight is 341 g/mol. The molecular weight excluding hydrogens is 333 g/mol. The summed E-state index contributed by atoms with van der Waals surface area (Å²) in [4.78, 5) is 4.50. The molecule has 0 radical (unpaired) electrons. The lowest BCUT2D eigenvalue weighted by Gasteiger charge is -1.88. The highest BCUT2D eigenvalue weighted by molar-refractivity contribution is 14.2. The summed E-state index contributed by atoms with van der Waals surface area (Å²) in [6, 6.07) is 5.92. The van der Waals surface area contributed by atoms with E-state index < -0.39 is 0 Å². The predicted molar refractivity (Wildman–Crippen MR) is 74.5 cm³/mol. The maximum absolute atomic E-state index is 5.69. The van der Waals surface area contributed by atoms with E-state index in [1.807, 2.05) is 18.2 Å². The number of fused-ring (bicyclic) bond motifs is 1. The standard InChI is InChI=1S/C12H8INOS/c13-16-6-5-8-1-4-11-10(7-8)14-12(15-11)9-2-3-9/h1,4,7,9H,2-3H2. The molecule has 1 saturated carbocycles. The van der Waals surface area contributed by atoms with E-state index in [4.69, 9.17) is 4.42 Å². The van der Waals surface area contributed by atoms with Crippen molar-refractivity contribution < 1.29 is 4.42 Å². The molecule has 0 spiro atoms. The molecule has 4 heteroatoms. The maximum Gasteiger partial charge on any atom is 0.198 e. The first-order valence-corrected chi connectivity index (χ1v) is 8.42. The quantitative estimate of drug-likeness (QED) is 0.577. The largest absolute Gasteiger partial charge is 0.440 e. The molecule has 0 atom stereocenters. The number of halogens is 1. The number of oxazole rings is 1. The molecule has 16 heavy (non-hydrogen) atoms. The highest BCUT2D eigenvalue weighted by Gasteiger charge is 2.28. The average Bonchev–Trinajstić information content (AvgIpc) is 3.06. The summed E-state index contributed by atoms with van der Waals surface area (Å²) in [6.45, 7) is 0. The molecule has 0 bridgehead atoms. The second kappa shape index (κ2) is 4.30. The summed E-state index contributed by atoms with van der Waals surface area (Å²) in [6.07, 6.45) is 2.43. The summed E-state index contributed by atoms with van der Waals surface area (Å²) in [7, 11) is 1.49. The first-order chi connectivity index (χ1) is 7.86. The van der Waals surface area contributed by atoms with Crippen molar-refractivity contribution in [2.24, 2.45) is 0 Å². The van der Waals surface area contributed by atoms with Crippen molar-refractivity contribution in [3.63, 3.8) is 0 Å². The molecule has 1 aromatic heterocycles. The zero-order valence-electron chi connectivity index (χ0n) is 8.37. The van der Waals surface area contributed by atoms with Crippen molar-refractivity contribution in [2.45, 2.75) is 18.8 Å². The maximum atomic E-state index is 5.69. The zero-order chi connectivity index (χ0) is 11.0. The second-order valence-corrected chi connectivity index (χ2v) is 5.49. The lowest BCUT2D eigenvalue weighted by molar-refractivity contribution is 0.533. The Hall–Kier alpha value is -0.670. The molecule has 3 rings (SSSR count). The van der Waals surface area contributed by atoms with Crippen molar-refractivity contribution in [2.75, 3.05) is 0 Å². The van der Waals surface area contributed by atoms with Crippen LogP contribution in [0.5, 0.6) is 0 Å². The van der Waals surface area contributed by atoms with Gasteiger partial charge in [0.25, 0.3) is 0 Å². The fourth-order valence-electron chi connectivity index (χ4n) is 1.61. The van der Waals surface area contributed by atoms with Gasteiger partial charge in [0, 0.05) is 32.7 Å². The third-order valence-electron chi connectivity index (χ3n) is 2.56. The van der Waals surface area contributed by atoms with Gasteiger partial charge in [0.15, 0.2) is 11.5 Å². The van der Waals surface area contributed by atoms with Crippen molar-refractivity contribution in [1.29, 1.82) is 0 Å². The molecule has 0 unspecified atom stereocenters. The SMILES string of the molecule is ISC#Cc1ccc2oc(C3CC3)nc2c1. The molecule has 1 fully saturated rings. The topological polar surface area (TPSA) is 26.0 Å². The third kappa shape index (κ3) is 2.06. The minimum Gasteiger partial charge on any atom is -0.440 e. The fraction of sp³-hybridized carbons (Fsp3) is 0.250. The van der Waals surface area contributed by atoms with Gasteiger partial charge in [-0.3, -0.25) is 0 Å². The molecule has 1 aliphatic carbocycles. The molecule has 2 aromatic rings. The molecule has 0 amide bonds. The van der Waals surface area contributed by atoms with E-state index in [0.29, 0.717) is 5.92 Å². The Bertz CT molecular complexity index is 592. The van der Waals surface area contributed by atoms with Crippen LogP contribution < -0.4 is 0 Å². The van der Waals surface area contributed by atoms with Crippen LogP contribution in [-0.4, -0.2) is 4.98 Å². The van der Waals surface area contributed by atoms with Crippen LogP contribution in [0.3, 0.4) is 0 Å². The van der Waals surface area contributed by atoms with Gasteiger partial charge >= 0.3 is 0 Å². The second-order valence-electron chi connectivity index (χ2n) is 3.81. The molecular formula is C12H8INOS. The van der Waals surface area contributed by atoms with E-state index in [2.05, 4.69) is 37.4 Å². The summed E-state index contributed by atoms with van der Waals surface area (Å²) < 4.78 is 5.69. The summed E-state index contributed by atoms with van der Waals surface area (Å²) in [5, 5.41) is 2.97. The highest BCUT2D eigenvalue weighted by atomic mass is 127. The monoisotopic (exact) mass is 341 g/mol. The van der Waals surface area contributed by atoms with Crippen molar-refractivity contribution in [3.05, 3.63) is 29.7 Å². The van der Waals surface area contributed by atoms with E-state index in [1.54, 1.807) is 0 Å². The van der Waals surface area contributed by atoms with Crippen molar-refractivity contribution >= 4 is 41.2 Å². The van der Waals surface area contributed by atoms with Crippen LogP contribution in [0.25, 0.3) is 11.1 Å². The van der Waals surface area contributed by atoms with Crippen LogP contribution >= 0.6 is 30.1 Å². The first kappa shape index (κ1) is 10.5. The van der Waals surface area contributed by atoms with Crippen LogP contribution in [0.4, 0.5) is 0 Å². The first-order valence-electron chi connectivity index (χ1n) is 5.06. The predicted octanol–water partition coefficient (Wildman–Crippen LogP) is 4.10. The molecule has 1 aliphatic rings. The number of nitrogens with zero attached hydrogens (tertiary/aromatic N) is 1. The van der Waals surface area contributed by atoms with E-state index in [9.17, 15) is 0 Å². The lowest BCUT2D eigenvalue weighted by atomic mass is 10.2. The minimum atomic E-state index is 0.562. The van der Waals surface area contributed by atoms with E-state index in [-0.39, 0.29) is 0 Å². The minimum absolute atomic E-state index is 0.562. The molecule has 1 aromatic carbocycles. The van der Waals surface area contributed by atoms with Gasteiger partial charge < -0.3 is 4.42 Å². The Morgan fingerprint density at radius 3 is 3.06 bits per heavy atom. The molecule has 0 saturated heterocycles. The van der Waals surface area contributed by atoms with Gasteiger partial charge in [-0.25, -0.2) is 4.98 Å². The van der Waals surface area contributed by atoms with Crippen molar-refractivity contribution in [1.82, 2.24) is 4.98 Å². The van der Waals surface area contributed by atoms with E-state index in [1.165, 1.54) is 21.8 Å². The van der Waals surface area contributed by atoms with Gasteiger partial charge in [-0.05, 0) is 45.2 Å². The third-order valence-corrected chi connectivity index (χ3v) is 3.40. The van der Waals surface area contributed by atoms with Crippen LogP contribution in [0, 0.1) is 11.2 Å². The van der Waals surface area contributed by atoms with Gasteiger partial charge in [-0.1, -0.05) is 5.92 Å². The van der Waals surface area contributed by atoms with Crippen LogP contribution in [-0.2, 0) is 0 Å². The summed E-state index contributed by atoms with van der Waals surface area (Å²) >= 11 is 2.16. The normalized spacial score (nSPS) is 14.8. The zero-order valence-corrected chi connectivity index (χ0v) is 11.3. The lowest BCUT2D eigenvalue weighted by Crippen LogP contribution is -1.76. The Labute approximate surface area is 110 Å². The molecule has 2 nitrogen and oxygen atoms in total. The van der Waals surface area contributed by atoms with E-state index >= 15 is 0 Å². The molecule has 1 heterocycles. The number of hydrogen-bond acceptors (Lipinski definition) is 3. The highest BCUT2D eigenvalue weighted by Crippen LogP contribution is 2.40.